The molecule has 4 nitrogen and oxygen atoms in total. The molecule has 1 aliphatic rings. The van der Waals surface area contributed by atoms with E-state index in [4.69, 9.17) is 4.74 Å². The van der Waals surface area contributed by atoms with Crippen LogP contribution in [0.4, 0.5) is 5.69 Å². The quantitative estimate of drug-likeness (QED) is 0.725. The summed E-state index contributed by atoms with van der Waals surface area (Å²) in [7, 11) is 0. The number of rotatable bonds is 8. The van der Waals surface area contributed by atoms with E-state index in [-0.39, 0.29) is 6.10 Å². The summed E-state index contributed by atoms with van der Waals surface area (Å²) in [5.41, 5.74) is 2.55. The number of ether oxygens (including phenoxy) is 1. The second-order valence-corrected chi connectivity index (χ2v) is 6.41. The molecule has 4 heteroatoms. The molecule has 1 fully saturated rings. The van der Waals surface area contributed by atoms with Gasteiger partial charge < -0.3 is 15.2 Å². The standard InChI is InChI=1S/C18H30N2O2/c1-15(2)22-12-9-19-18-6-4-3-5-17(18)13-20-10-7-16(14-21)8-11-20/h3-6,15-16,19,21H,7-14H2,1-2H3. The lowest BCUT2D eigenvalue weighted by Crippen LogP contribution is -2.34. The lowest BCUT2D eigenvalue weighted by atomic mass is 9.97. The summed E-state index contributed by atoms with van der Waals surface area (Å²) in [6.07, 6.45) is 2.49. The Hall–Kier alpha value is -1.10. The zero-order valence-corrected chi connectivity index (χ0v) is 13.9. The SMILES string of the molecule is CC(C)OCCNc1ccccc1CN1CCC(CO)CC1. The molecule has 0 atom stereocenters. The van der Waals surface area contributed by atoms with Crippen LogP contribution >= 0.6 is 0 Å². The Morgan fingerprint density at radius 3 is 2.68 bits per heavy atom. The molecule has 0 radical (unpaired) electrons. The van der Waals surface area contributed by atoms with Gasteiger partial charge in [0.15, 0.2) is 0 Å². The third-order valence-electron chi connectivity index (χ3n) is 4.25. The van der Waals surface area contributed by atoms with E-state index in [1.54, 1.807) is 0 Å². The van der Waals surface area contributed by atoms with Crippen LogP contribution in [0.1, 0.15) is 32.3 Å². The van der Waals surface area contributed by atoms with Crippen LogP contribution in [-0.2, 0) is 11.3 Å². The summed E-state index contributed by atoms with van der Waals surface area (Å²) in [6.45, 7) is 9.16. The first-order valence-electron chi connectivity index (χ1n) is 8.45. The molecule has 1 aromatic carbocycles. The topological polar surface area (TPSA) is 44.7 Å². The van der Waals surface area contributed by atoms with Crippen LogP contribution in [0.5, 0.6) is 0 Å². The van der Waals surface area contributed by atoms with Crippen molar-refractivity contribution in [1.29, 1.82) is 0 Å². The monoisotopic (exact) mass is 306 g/mol. The van der Waals surface area contributed by atoms with E-state index < -0.39 is 0 Å². The first-order chi connectivity index (χ1) is 10.7. The Morgan fingerprint density at radius 1 is 1.27 bits per heavy atom. The number of hydrogen-bond donors (Lipinski definition) is 2. The third kappa shape index (κ3) is 5.59. The number of piperidine rings is 1. The van der Waals surface area contributed by atoms with Gasteiger partial charge in [-0.1, -0.05) is 18.2 Å². The smallest absolute Gasteiger partial charge is 0.0642 e. The van der Waals surface area contributed by atoms with Crippen molar-refractivity contribution in [2.24, 2.45) is 5.92 Å². The van der Waals surface area contributed by atoms with E-state index in [0.717, 1.165) is 45.6 Å². The van der Waals surface area contributed by atoms with Crippen LogP contribution in [0.25, 0.3) is 0 Å². The fraction of sp³-hybridized carbons (Fsp3) is 0.667. The van der Waals surface area contributed by atoms with Crippen LogP contribution in [-0.4, -0.2) is 49.0 Å². The average Bonchev–Trinajstić information content (AvgIpc) is 2.53. The Bertz CT molecular complexity index is 429. The number of anilines is 1. The Morgan fingerprint density at radius 2 is 2.00 bits per heavy atom. The van der Waals surface area contributed by atoms with Crippen LogP contribution in [0.2, 0.25) is 0 Å². The van der Waals surface area contributed by atoms with Gasteiger partial charge in [0.1, 0.15) is 0 Å². The van der Waals surface area contributed by atoms with Crippen molar-refractivity contribution in [3.8, 4) is 0 Å². The fourth-order valence-corrected chi connectivity index (χ4v) is 2.88. The van der Waals surface area contributed by atoms with Gasteiger partial charge in [0.05, 0.1) is 12.7 Å². The Kier molecular flexibility index (Phi) is 7.16. The largest absolute Gasteiger partial charge is 0.396 e. The lowest BCUT2D eigenvalue weighted by molar-refractivity contribution is 0.0870. The molecule has 2 N–H and O–H groups in total. The summed E-state index contributed by atoms with van der Waals surface area (Å²) in [5, 5.41) is 12.7. The van der Waals surface area contributed by atoms with Crippen molar-refractivity contribution in [3.05, 3.63) is 29.8 Å². The Balaban J connectivity index is 1.83. The predicted molar refractivity (Wildman–Crippen MR) is 91.1 cm³/mol. The molecule has 1 saturated heterocycles. The van der Waals surface area contributed by atoms with Crippen LogP contribution in [0.3, 0.4) is 0 Å². The first-order valence-corrected chi connectivity index (χ1v) is 8.45. The molecular weight excluding hydrogens is 276 g/mol. The van der Waals surface area contributed by atoms with E-state index >= 15 is 0 Å². The van der Waals surface area contributed by atoms with Gasteiger partial charge in [0, 0.05) is 25.4 Å². The highest BCUT2D eigenvalue weighted by molar-refractivity contribution is 5.51. The first kappa shape index (κ1) is 17.3. The summed E-state index contributed by atoms with van der Waals surface area (Å²) in [6, 6.07) is 8.52. The van der Waals surface area contributed by atoms with E-state index in [9.17, 15) is 5.11 Å². The highest BCUT2D eigenvalue weighted by Gasteiger charge is 2.19. The van der Waals surface area contributed by atoms with Gasteiger partial charge >= 0.3 is 0 Å². The molecule has 0 unspecified atom stereocenters. The van der Waals surface area contributed by atoms with Crippen molar-refractivity contribution in [2.45, 2.75) is 39.3 Å². The minimum absolute atomic E-state index is 0.282. The van der Waals surface area contributed by atoms with E-state index in [1.807, 2.05) is 0 Å². The number of aliphatic hydroxyl groups excluding tert-OH is 1. The number of nitrogens with zero attached hydrogens (tertiary/aromatic N) is 1. The van der Waals surface area contributed by atoms with Gasteiger partial charge in [-0.3, -0.25) is 4.90 Å². The van der Waals surface area contributed by atoms with Gasteiger partial charge in [0.25, 0.3) is 0 Å². The second kappa shape index (κ2) is 9.13. The minimum atomic E-state index is 0.282. The number of aliphatic hydroxyl groups is 1. The molecule has 0 aromatic heterocycles. The van der Waals surface area contributed by atoms with Crippen molar-refractivity contribution < 1.29 is 9.84 Å². The maximum Gasteiger partial charge on any atom is 0.0642 e. The normalized spacial score (nSPS) is 17.1. The molecule has 2 rings (SSSR count). The van der Waals surface area contributed by atoms with Crippen LogP contribution in [0.15, 0.2) is 24.3 Å². The highest BCUT2D eigenvalue weighted by Crippen LogP contribution is 2.22. The van der Waals surface area contributed by atoms with Crippen molar-refractivity contribution in [3.63, 3.8) is 0 Å². The van der Waals surface area contributed by atoms with E-state index in [1.165, 1.54) is 11.3 Å². The number of hydrogen-bond acceptors (Lipinski definition) is 4. The molecule has 0 bridgehead atoms. The Labute approximate surface area is 134 Å². The molecule has 124 valence electrons. The summed E-state index contributed by atoms with van der Waals surface area (Å²) in [5.74, 6) is 0.498. The molecule has 1 aromatic rings. The molecule has 0 aliphatic carbocycles. The van der Waals surface area contributed by atoms with Crippen molar-refractivity contribution in [1.82, 2.24) is 4.90 Å². The van der Waals surface area contributed by atoms with Gasteiger partial charge in [-0.05, 0) is 57.3 Å². The molecule has 0 spiro atoms. The molecule has 1 aliphatic heterocycles. The maximum absolute atomic E-state index is 9.23. The maximum atomic E-state index is 9.23. The lowest BCUT2D eigenvalue weighted by Gasteiger charge is -2.31. The molecule has 0 saturated carbocycles. The van der Waals surface area contributed by atoms with E-state index in [2.05, 4.69) is 48.3 Å². The minimum Gasteiger partial charge on any atom is -0.396 e. The van der Waals surface area contributed by atoms with E-state index in [0.29, 0.717) is 12.5 Å². The summed E-state index contributed by atoms with van der Waals surface area (Å²) >= 11 is 0. The number of nitrogens with one attached hydrogen (secondary N) is 1. The van der Waals surface area contributed by atoms with Crippen LogP contribution in [0, 0.1) is 5.92 Å². The van der Waals surface area contributed by atoms with Gasteiger partial charge in [-0.15, -0.1) is 0 Å². The number of para-hydroxylation sites is 1. The third-order valence-corrected chi connectivity index (χ3v) is 4.25. The molecule has 0 amide bonds. The number of benzene rings is 1. The van der Waals surface area contributed by atoms with Gasteiger partial charge in [0.2, 0.25) is 0 Å². The molecule has 22 heavy (non-hydrogen) atoms. The zero-order chi connectivity index (χ0) is 15.8. The number of likely N-dealkylation sites (tertiary alicyclic amines) is 1. The second-order valence-electron chi connectivity index (χ2n) is 6.41. The van der Waals surface area contributed by atoms with Crippen molar-refractivity contribution >= 4 is 5.69 Å². The van der Waals surface area contributed by atoms with Crippen LogP contribution < -0.4 is 5.32 Å². The molecular formula is C18H30N2O2. The molecule has 1 heterocycles. The fourth-order valence-electron chi connectivity index (χ4n) is 2.88. The van der Waals surface area contributed by atoms with Gasteiger partial charge in [-0.2, -0.15) is 0 Å². The zero-order valence-electron chi connectivity index (χ0n) is 13.9. The highest BCUT2D eigenvalue weighted by atomic mass is 16.5. The summed E-state index contributed by atoms with van der Waals surface area (Å²) < 4.78 is 5.58. The predicted octanol–water partition coefficient (Wildman–Crippen LogP) is 2.73. The average molecular weight is 306 g/mol. The van der Waals surface area contributed by atoms with Gasteiger partial charge in [-0.25, -0.2) is 0 Å². The van der Waals surface area contributed by atoms with Crippen molar-refractivity contribution in [2.75, 3.05) is 38.2 Å². The summed E-state index contributed by atoms with van der Waals surface area (Å²) in [4.78, 5) is 2.48.